The van der Waals surface area contributed by atoms with Crippen molar-refractivity contribution in [1.82, 2.24) is 10.7 Å². The fourth-order valence-corrected chi connectivity index (χ4v) is 2.96. The molecule has 10 heteroatoms. The normalized spacial score (nSPS) is 10.4. The van der Waals surface area contributed by atoms with Crippen molar-refractivity contribution in [2.24, 2.45) is 5.10 Å². The van der Waals surface area contributed by atoms with Gasteiger partial charge in [-0.3, -0.25) is 9.59 Å². The minimum atomic E-state index is -0.494. The number of amides is 2. The quantitative estimate of drug-likeness (QED) is 0.422. The van der Waals surface area contributed by atoms with Gasteiger partial charge in [0.05, 0.1) is 45.7 Å². The predicted molar refractivity (Wildman–Crippen MR) is 115 cm³/mol. The molecule has 160 valence electrons. The number of hydrogen-bond donors (Lipinski definition) is 2. The van der Waals surface area contributed by atoms with Crippen LogP contribution in [-0.4, -0.2) is 53.0 Å². The van der Waals surface area contributed by atoms with Gasteiger partial charge in [0.25, 0.3) is 11.8 Å². The maximum Gasteiger partial charge on any atom is 0.259 e. The number of ether oxygens (including phenoxy) is 4. The number of carbonyl (C=O) groups is 2. The molecule has 0 spiro atoms. The summed E-state index contributed by atoms with van der Waals surface area (Å²) >= 11 is 3.38. The average molecular weight is 480 g/mol. The SMILES string of the molecule is COc1cc(OC)c(C=NNC(=O)CNC(=O)c2ccc(OC)c(OC)c2)cc1Br. The summed E-state index contributed by atoms with van der Waals surface area (Å²) in [4.78, 5) is 24.2. The van der Waals surface area contributed by atoms with Crippen molar-refractivity contribution in [2.75, 3.05) is 35.0 Å². The molecule has 2 rings (SSSR count). The Kier molecular flexibility index (Phi) is 8.48. The zero-order valence-corrected chi connectivity index (χ0v) is 18.5. The highest BCUT2D eigenvalue weighted by Gasteiger charge is 2.12. The lowest BCUT2D eigenvalue weighted by molar-refractivity contribution is -0.120. The fourth-order valence-electron chi connectivity index (χ4n) is 2.44. The van der Waals surface area contributed by atoms with E-state index in [1.54, 1.807) is 31.4 Å². The van der Waals surface area contributed by atoms with Crippen molar-refractivity contribution >= 4 is 34.0 Å². The van der Waals surface area contributed by atoms with Crippen molar-refractivity contribution < 1.29 is 28.5 Å². The van der Waals surface area contributed by atoms with Gasteiger partial charge >= 0.3 is 0 Å². The van der Waals surface area contributed by atoms with Crippen LogP contribution >= 0.6 is 15.9 Å². The molecule has 30 heavy (non-hydrogen) atoms. The molecule has 0 atom stereocenters. The predicted octanol–water partition coefficient (Wildman–Crippen LogP) is 2.36. The zero-order chi connectivity index (χ0) is 22.1. The molecule has 0 saturated heterocycles. The minimum absolute atomic E-state index is 0.256. The van der Waals surface area contributed by atoms with E-state index in [0.717, 1.165) is 0 Å². The van der Waals surface area contributed by atoms with Gasteiger partial charge in [-0.15, -0.1) is 0 Å². The van der Waals surface area contributed by atoms with Gasteiger partial charge in [0.1, 0.15) is 11.5 Å². The second kappa shape index (κ2) is 11.1. The Hall–Kier alpha value is -3.27. The molecule has 0 heterocycles. The average Bonchev–Trinajstić information content (AvgIpc) is 2.77. The smallest absolute Gasteiger partial charge is 0.259 e. The minimum Gasteiger partial charge on any atom is -0.496 e. The third-order valence-corrected chi connectivity index (χ3v) is 4.57. The van der Waals surface area contributed by atoms with Crippen LogP contribution in [0, 0.1) is 0 Å². The second-order valence-corrected chi connectivity index (χ2v) is 6.63. The van der Waals surface area contributed by atoms with E-state index >= 15 is 0 Å². The van der Waals surface area contributed by atoms with Crippen LogP contribution in [0.2, 0.25) is 0 Å². The van der Waals surface area contributed by atoms with E-state index in [1.807, 2.05) is 0 Å². The molecule has 2 N–H and O–H groups in total. The molecule has 9 nitrogen and oxygen atoms in total. The monoisotopic (exact) mass is 479 g/mol. The third-order valence-electron chi connectivity index (χ3n) is 3.95. The van der Waals surface area contributed by atoms with E-state index in [1.165, 1.54) is 33.6 Å². The van der Waals surface area contributed by atoms with E-state index in [0.29, 0.717) is 38.6 Å². The maximum atomic E-state index is 12.2. The van der Waals surface area contributed by atoms with Gasteiger partial charge in [0.2, 0.25) is 0 Å². The Morgan fingerprint density at radius 3 is 2.23 bits per heavy atom. The summed E-state index contributed by atoms with van der Waals surface area (Å²) in [6.45, 7) is -0.256. The molecule has 0 saturated carbocycles. The highest BCUT2D eigenvalue weighted by molar-refractivity contribution is 9.10. The Labute approximate surface area is 182 Å². The van der Waals surface area contributed by atoms with E-state index in [2.05, 4.69) is 31.8 Å². The molecule has 0 fully saturated rings. The van der Waals surface area contributed by atoms with Crippen molar-refractivity contribution in [1.29, 1.82) is 0 Å². The summed E-state index contributed by atoms with van der Waals surface area (Å²) in [6, 6.07) is 8.14. The molecule has 0 aliphatic heterocycles. The molecular weight excluding hydrogens is 458 g/mol. The molecule has 2 aromatic carbocycles. The summed E-state index contributed by atoms with van der Waals surface area (Å²) in [5.74, 6) is 1.11. The number of hydrogen-bond acceptors (Lipinski definition) is 7. The van der Waals surface area contributed by atoms with E-state index in [4.69, 9.17) is 18.9 Å². The Bertz CT molecular complexity index is 948. The van der Waals surface area contributed by atoms with Gasteiger partial charge in [0.15, 0.2) is 11.5 Å². The number of benzene rings is 2. The fraction of sp³-hybridized carbons (Fsp3) is 0.250. The highest BCUT2D eigenvalue weighted by atomic mass is 79.9. The van der Waals surface area contributed by atoms with Gasteiger partial charge in [-0.05, 0) is 40.2 Å². The number of hydrazone groups is 1. The van der Waals surface area contributed by atoms with Crippen molar-refractivity contribution in [3.8, 4) is 23.0 Å². The third kappa shape index (κ3) is 5.86. The van der Waals surface area contributed by atoms with Crippen LogP contribution in [0.25, 0.3) is 0 Å². The number of rotatable bonds is 9. The van der Waals surface area contributed by atoms with Gasteiger partial charge in [-0.1, -0.05) is 0 Å². The number of nitrogens with zero attached hydrogens (tertiary/aromatic N) is 1. The zero-order valence-electron chi connectivity index (χ0n) is 16.9. The summed E-state index contributed by atoms with van der Waals surface area (Å²) in [6.07, 6.45) is 1.43. The van der Waals surface area contributed by atoms with Crippen LogP contribution in [0.5, 0.6) is 23.0 Å². The first-order valence-electron chi connectivity index (χ1n) is 8.67. The molecule has 2 amide bonds. The van der Waals surface area contributed by atoms with Crippen LogP contribution in [-0.2, 0) is 4.79 Å². The first-order valence-corrected chi connectivity index (χ1v) is 9.46. The molecule has 0 bridgehead atoms. The Morgan fingerprint density at radius 2 is 1.60 bits per heavy atom. The molecule has 2 aromatic rings. The number of methoxy groups -OCH3 is 4. The summed E-state index contributed by atoms with van der Waals surface area (Å²) < 4.78 is 21.5. The molecule has 0 aliphatic carbocycles. The highest BCUT2D eigenvalue weighted by Crippen LogP contribution is 2.32. The molecule has 0 radical (unpaired) electrons. The second-order valence-electron chi connectivity index (χ2n) is 5.77. The lowest BCUT2D eigenvalue weighted by atomic mass is 10.2. The van der Waals surface area contributed by atoms with E-state index in [9.17, 15) is 9.59 Å². The largest absolute Gasteiger partial charge is 0.496 e. The topological polar surface area (TPSA) is 107 Å². The van der Waals surface area contributed by atoms with Gasteiger partial charge in [-0.2, -0.15) is 5.10 Å². The first-order chi connectivity index (χ1) is 14.4. The van der Waals surface area contributed by atoms with Crippen LogP contribution in [0.3, 0.4) is 0 Å². The van der Waals surface area contributed by atoms with Crippen molar-refractivity contribution in [3.63, 3.8) is 0 Å². The molecular formula is C20H22BrN3O6. The van der Waals surface area contributed by atoms with Crippen molar-refractivity contribution in [3.05, 3.63) is 45.9 Å². The molecule has 0 unspecified atom stereocenters. The summed E-state index contributed by atoms with van der Waals surface area (Å²) in [5.41, 5.74) is 3.30. The van der Waals surface area contributed by atoms with Crippen LogP contribution in [0.15, 0.2) is 39.9 Å². The maximum absolute atomic E-state index is 12.2. The number of nitrogens with one attached hydrogen (secondary N) is 2. The standard InChI is InChI=1S/C20H22BrN3O6/c1-27-15-6-5-12(8-18(15)30-4)20(26)22-11-19(25)24-23-10-13-7-14(21)17(29-3)9-16(13)28-2/h5-10H,11H2,1-4H3,(H,22,26)(H,24,25). The Balaban J connectivity index is 1.94. The van der Waals surface area contributed by atoms with E-state index in [-0.39, 0.29) is 6.54 Å². The van der Waals surface area contributed by atoms with Gasteiger partial charge in [0, 0.05) is 17.2 Å². The summed E-state index contributed by atoms with van der Waals surface area (Å²) in [7, 11) is 6.04. The van der Waals surface area contributed by atoms with Crippen LogP contribution in [0.4, 0.5) is 0 Å². The van der Waals surface area contributed by atoms with Gasteiger partial charge in [-0.25, -0.2) is 5.43 Å². The Morgan fingerprint density at radius 1 is 0.933 bits per heavy atom. The van der Waals surface area contributed by atoms with E-state index < -0.39 is 11.8 Å². The van der Waals surface area contributed by atoms with Crippen molar-refractivity contribution in [2.45, 2.75) is 0 Å². The first kappa shape index (κ1) is 23.0. The number of carbonyl (C=O) groups excluding carboxylic acids is 2. The number of halogens is 1. The lowest BCUT2D eigenvalue weighted by Gasteiger charge is -2.10. The lowest BCUT2D eigenvalue weighted by Crippen LogP contribution is -2.34. The summed E-state index contributed by atoms with van der Waals surface area (Å²) in [5, 5.41) is 6.41. The molecule has 0 aliphatic rings. The van der Waals surface area contributed by atoms with Crippen LogP contribution < -0.4 is 29.7 Å². The van der Waals surface area contributed by atoms with Crippen LogP contribution in [0.1, 0.15) is 15.9 Å². The van der Waals surface area contributed by atoms with Gasteiger partial charge < -0.3 is 24.3 Å². The molecule has 0 aromatic heterocycles.